The molecule has 1 aliphatic carbocycles. The molecule has 1 aliphatic heterocycles. The summed E-state index contributed by atoms with van der Waals surface area (Å²) < 4.78 is 13.7. The zero-order chi connectivity index (χ0) is 24.0. The van der Waals surface area contributed by atoms with Crippen molar-refractivity contribution in [3.05, 3.63) is 58.7 Å². The molecule has 3 aromatic rings. The average molecular weight is 458 g/mol. The van der Waals surface area contributed by atoms with Crippen molar-refractivity contribution in [3.8, 4) is 17.0 Å². The third-order valence-corrected chi connectivity index (χ3v) is 7.08. The molecule has 0 saturated heterocycles. The Morgan fingerprint density at radius 2 is 1.79 bits per heavy atom. The topological polar surface area (TPSA) is 40.5 Å². The van der Waals surface area contributed by atoms with Crippen LogP contribution in [0.25, 0.3) is 28.2 Å². The number of rotatable bonds is 3. The molecular weight excluding hydrogens is 422 g/mol. The lowest BCUT2D eigenvalue weighted by molar-refractivity contribution is 0.00696. The van der Waals surface area contributed by atoms with Gasteiger partial charge in [-0.15, -0.1) is 0 Å². The summed E-state index contributed by atoms with van der Waals surface area (Å²) >= 11 is 0. The zero-order valence-electron chi connectivity index (χ0n) is 21.0. The largest absolute Gasteiger partial charge is 0.497 e. The van der Waals surface area contributed by atoms with E-state index in [1.54, 1.807) is 7.11 Å². The molecule has 2 aromatic carbocycles. The van der Waals surface area contributed by atoms with Crippen molar-refractivity contribution in [3.63, 3.8) is 0 Å². The van der Waals surface area contributed by atoms with Crippen molar-refractivity contribution in [2.75, 3.05) is 7.11 Å². The minimum atomic E-state index is -0.521. The normalized spacial score (nSPS) is 16.4. The minimum absolute atomic E-state index is 0.268. The Morgan fingerprint density at radius 3 is 2.50 bits per heavy atom. The van der Waals surface area contributed by atoms with Crippen LogP contribution < -0.4 is 4.74 Å². The van der Waals surface area contributed by atoms with Gasteiger partial charge >= 0.3 is 5.97 Å². The Bertz CT molecular complexity index is 1280. The number of methoxy groups -OCH3 is 1. The number of nitrogens with zero attached hydrogens (tertiary/aromatic N) is 1. The van der Waals surface area contributed by atoms with E-state index in [9.17, 15) is 4.79 Å². The van der Waals surface area contributed by atoms with E-state index in [0.717, 1.165) is 17.8 Å². The van der Waals surface area contributed by atoms with Crippen LogP contribution in [0.15, 0.2) is 42.0 Å². The molecule has 2 heterocycles. The first-order chi connectivity index (χ1) is 16.2. The van der Waals surface area contributed by atoms with E-state index < -0.39 is 5.60 Å². The van der Waals surface area contributed by atoms with E-state index in [2.05, 4.69) is 41.8 Å². The SMILES string of the molecule is COc1ccc2c(c1)C=C(C)Cn1c-2c(C2CCCCC2)c2ccc(C(=O)OC(C)(C)C)cc21. The third kappa shape index (κ3) is 4.15. The van der Waals surface area contributed by atoms with E-state index >= 15 is 0 Å². The molecule has 0 amide bonds. The van der Waals surface area contributed by atoms with Gasteiger partial charge in [0.25, 0.3) is 0 Å². The molecule has 0 spiro atoms. The van der Waals surface area contributed by atoms with Gasteiger partial charge in [0, 0.05) is 23.0 Å². The van der Waals surface area contributed by atoms with Crippen LogP contribution in [0.2, 0.25) is 0 Å². The highest BCUT2D eigenvalue weighted by atomic mass is 16.6. The maximum Gasteiger partial charge on any atom is 0.338 e. The lowest BCUT2D eigenvalue weighted by Gasteiger charge is -2.24. The van der Waals surface area contributed by atoms with Crippen LogP contribution >= 0.6 is 0 Å². The van der Waals surface area contributed by atoms with Crippen LogP contribution in [0.1, 0.15) is 87.2 Å². The lowest BCUT2D eigenvalue weighted by atomic mass is 9.81. The summed E-state index contributed by atoms with van der Waals surface area (Å²) in [4.78, 5) is 12.9. The monoisotopic (exact) mass is 457 g/mol. The zero-order valence-corrected chi connectivity index (χ0v) is 21.0. The van der Waals surface area contributed by atoms with Gasteiger partial charge in [0.15, 0.2) is 0 Å². The number of ether oxygens (including phenoxy) is 2. The molecule has 1 aromatic heterocycles. The second-order valence-corrected chi connectivity index (χ2v) is 10.9. The Kier molecular flexibility index (Phi) is 5.79. The Hall–Kier alpha value is -3.01. The lowest BCUT2D eigenvalue weighted by Crippen LogP contribution is -2.23. The number of carbonyl (C=O) groups is 1. The number of benzene rings is 2. The maximum atomic E-state index is 12.9. The fourth-order valence-corrected chi connectivity index (χ4v) is 5.66. The minimum Gasteiger partial charge on any atom is -0.497 e. The molecule has 0 radical (unpaired) electrons. The smallest absolute Gasteiger partial charge is 0.338 e. The molecular formula is C30H35NO3. The van der Waals surface area contributed by atoms with Gasteiger partial charge in [-0.25, -0.2) is 4.79 Å². The molecule has 0 N–H and O–H groups in total. The van der Waals surface area contributed by atoms with Crippen molar-refractivity contribution in [1.82, 2.24) is 4.57 Å². The van der Waals surface area contributed by atoms with Crippen molar-refractivity contribution in [1.29, 1.82) is 0 Å². The second kappa shape index (κ2) is 8.65. The molecule has 34 heavy (non-hydrogen) atoms. The molecule has 4 heteroatoms. The molecule has 1 saturated carbocycles. The molecule has 0 bridgehead atoms. The van der Waals surface area contributed by atoms with Crippen LogP contribution in [0, 0.1) is 0 Å². The number of esters is 1. The number of hydrogen-bond acceptors (Lipinski definition) is 3. The summed E-state index contributed by atoms with van der Waals surface area (Å²) in [7, 11) is 1.72. The van der Waals surface area contributed by atoms with E-state index in [4.69, 9.17) is 9.47 Å². The fourth-order valence-electron chi connectivity index (χ4n) is 5.66. The number of fused-ring (bicyclic) bond motifs is 5. The summed E-state index contributed by atoms with van der Waals surface area (Å²) in [6.45, 7) is 8.71. The standard InChI is InChI=1S/C30H35NO3/c1-19-15-22-16-23(33-5)12-14-24(22)28-27(20-9-7-6-8-10-20)25-13-11-21(17-26(25)31(28)18-19)29(32)34-30(2,3)4/h11-17,20H,6-10,18H2,1-5H3. The van der Waals surface area contributed by atoms with Crippen LogP contribution in [0.5, 0.6) is 5.75 Å². The summed E-state index contributed by atoms with van der Waals surface area (Å²) in [5.41, 5.74) is 7.68. The van der Waals surface area contributed by atoms with Crippen LogP contribution in [-0.2, 0) is 11.3 Å². The Morgan fingerprint density at radius 1 is 1.03 bits per heavy atom. The van der Waals surface area contributed by atoms with Crippen LogP contribution in [0.3, 0.4) is 0 Å². The average Bonchev–Trinajstić information content (AvgIpc) is 3.03. The fraction of sp³-hybridized carbons (Fsp3) is 0.433. The quantitative estimate of drug-likeness (QED) is 0.378. The van der Waals surface area contributed by atoms with Crippen LogP contribution in [0.4, 0.5) is 0 Å². The van der Waals surface area contributed by atoms with Crippen molar-refractivity contribution in [2.24, 2.45) is 0 Å². The molecule has 2 aliphatic rings. The van der Waals surface area contributed by atoms with Gasteiger partial charge in [-0.2, -0.15) is 0 Å². The first-order valence-electron chi connectivity index (χ1n) is 12.5. The highest BCUT2D eigenvalue weighted by Gasteiger charge is 2.29. The predicted octanol–water partition coefficient (Wildman–Crippen LogP) is 7.74. The predicted molar refractivity (Wildman–Crippen MR) is 139 cm³/mol. The van der Waals surface area contributed by atoms with Crippen LogP contribution in [-0.4, -0.2) is 23.2 Å². The van der Waals surface area contributed by atoms with Gasteiger partial charge in [0.1, 0.15) is 11.4 Å². The number of carbonyl (C=O) groups excluding carboxylic acids is 1. The molecule has 0 unspecified atom stereocenters. The highest BCUT2D eigenvalue weighted by molar-refractivity contribution is 6.00. The molecule has 0 atom stereocenters. The van der Waals surface area contributed by atoms with E-state index in [0.29, 0.717) is 11.5 Å². The maximum absolute atomic E-state index is 12.9. The number of aromatic nitrogens is 1. The van der Waals surface area contributed by atoms with Gasteiger partial charge in [0.2, 0.25) is 0 Å². The molecule has 4 nitrogen and oxygen atoms in total. The van der Waals surface area contributed by atoms with Gasteiger partial charge < -0.3 is 14.0 Å². The summed E-state index contributed by atoms with van der Waals surface area (Å²) in [5.74, 6) is 1.14. The van der Waals surface area contributed by atoms with Crippen molar-refractivity contribution in [2.45, 2.75) is 77.9 Å². The van der Waals surface area contributed by atoms with Crippen molar-refractivity contribution < 1.29 is 14.3 Å². The van der Waals surface area contributed by atoms with E-state index in [1.165, 1.54) is 65.4 Å². The first kappa shape index (κ1) is 22.8. The van der Waals surface area contributed by atoms with Gasteiger partial charge in [-0.05, 0) is 87.9 Å². The summed E-state index contributed by atoms with van der Waals surface area (Å²) in [6.07, 6.45) is 8.59. The summed E-state index contributed by atoms with van der Waals surface area (Å²) in [5, 5.41) is 1.27. The van der Waals surface area contributed by atoms with E-state index in [-0.39, 0.29) is 5.97 Å². The third-order valence-electron chi connectivity index (χ3n) is 7.08. The number of hydrogen-bond donors (Lipinski definition) is 0. The highest BCUT2D eigenvalue weighted by Crippen LogP contribution is 2.47. The molecule has 1 fully saturated rings. The Labute approximate surface area is 202 Å². The van der Waals surface area contributed by atoms with Gasteiger partial charge in [-0.3, -0.25) is 0 Å². The molecule has 178 valence electrons. The summed E-state index contributed by atoms with van der Waals surface area (Å²) in [6, 6.07) is 12.5. The Balaban J connectivity index is 1.76. The number of allylic oxidation sites excluding steroid dienone is 1. The van der Waals surface area contributed by atoms with Gasteiger partial charge in [-0.1, -0.05) is 37.0 Å². The second-order valence-electron chi connectivity index (χ2n) is 10.9. The first-order valence-corrected chi connectivity index (χ1v) is 12.5. The van der Waals surface area contributed by atoms with Gasteiger partial charge in [0.05, 0.1) is 18.4 Å². The molecule has 5 rings (SSSR count). The van der Waals surface area contributed by atoms with E-state index in [1.807, 2.05) is 32.9 Å². The van der Waals surface area contributed by atoms with Crippen molar-refractivity contribution >= 4 is 22.9 Å².